The van der Waals surface area contributed by atoms with Gasteiger partial charge in [0, 0.05) is 7.11 Å². The van der Waals surface area contributed by atoms with Gasteiger partial charge in [-0.15, -0.1) is 0 Å². The largest absolute Gasteiger partial charge is 0.386 e. The molecule has 104 valence electrons. The molecule has 1 rings (SSSR count). The Labute approximate surface area is 111 Å². The average molecular weight is 253 g/mol. The van der Waals surface area contributed by atoms with Crippen molar-refractivity contribution in [3.63, 3.8) is 0 Å². The van der Waals surface area contributed by atoms with E-state index in [-0.39, 0.29) is 6.61 Å². The number of methoxy groups -OCH3 is 1. The molecule has 0 aromatic heterocycles. The molecule has 3 heteroatoms. The number of aliphatic hydroxyl groups is 1. The standard InChI is InChI=1S/C15H27NO2/c1-4-6-13-7-9-14(11-16,10-8-13)15(17,5-2)12-18-3/h13,17H,4-10,12H2,1-3H3. The van der Waals surface area contributed by atoms with Crippen LogP contribution in [-0.2, 0) is 4.74 Å². The van der Waals surface area contributed by atoms with E-state index in [1.807, 2.05) is 6.92 Å². The van der Waals surface area contributed by atoms with Crippen LogP contribution in [-0.4, -0.2) is 24.4 Å². The summed E-state index contributed by atoms with van der Waals surface area (Å²) in [7, 11) is 1.59. The third-order valence-corrected chi connectivity index (χ3v) is 4.73. The minimum absolute atomic E-state index is 0.259. The molecule has 1 fully saturated rings. The summed E-state index contributed by atoms with van der Waals surface area (Å²) in [5, 5.41) is 20.3. The van der Waals surface area contributed by atoms with Crippen molar-refractivity contribution in [2.75, 3.05) is 13.7 Å². The minimum Gasteiger partial charge on any atom is -0.386 e. The van der Waals surface area contributed by atoms with Gasteiger partial charge in [0.05, 0.1) is 18.1 Å². The third-order valence-electron chi connectivity index (χ3n) is 4.73. The fraction of sp³-hybridized carbons (Fsp3) is 0.933. The Kier molecular flexibility index (Phi) is 5.62. The molecular weight excluding hydrogens is 226 g/mol. The molecule has 0 heterocycles. The summed E-state index contributed by atoms with van der Waals surface area (Å²) in [5.41, 5.74) is -1.60. The molecule has 0 radical (unpaired) electrons. The zero-order chi connectivity index (χ0) is 13.6. The molecule has 0 bridgehead atoms. The van der Waals surface area contributed by atoms with Crippen molar-refractivity contribution >= 4 is 0 Å². The van der Waals surface area contributed by atoms with Gasteiger partial charge in [0.1, 0.15) is 5.60 Å². The molecule has 1 N–H and O–H groups in total. The molecule has 1 atom stereocenters. The lowest BCUT2D eigenvalue weighted by molar-refractivity contribution is -0.121. The number of hydrogen-bond acceptors (Lipinski definition) is 3. The van der Waals surface area contributed by atoms with E-state index in [0.29, 0.717) is 6.42 Å². The first-order valence-electron chi connectivity index (χ1n) is 7.20. The smallest absolute Gasteiger partial charge is 0.106 e. The molecule has 1 unspecified atom stereocenters. The minimum atomic E-state index is -0.992. The van der Waals surface area contributed by atoms with Crippen LogP contribution in [0.15, 0.2) is 0 Å². The van der Waals surface area contributed by atoms with Gasteiger partial charge in [0.25, 0.3) is 0 Å². The Morgan fingerprint density at radius 2 is 2.00 bits per heavy atom. The highest BCUT2D eigenvalue weighted by atomic mass is 16.5. The summed E-state index contributed by atoms with van der Waals surface area (Å²) in [5.74, 6) is 0.736. The molecule has 1 saturated carbocycles. The van der Waals surface area contributed by atoms with E-state index in [4.69, 9.17) is 4.74 Å². The lowest BCUT2D eigenvalue weighted by Gasteiger charge is -2.46. The van der Waals surface area contributed by atoms with Crippen LogP contribution in [0.3, 0.4) is 0 Å². The van der Waals surface area contributed by atoms with Gasteiger partial charge in [-0.25, -0.2) is 0 Å². The van der Waals surface area contributed by atoms with E-state index >= 15 is 0 Å². The van der Waals surface area contributed by atoms with Crippen LogP contribution in [0.2, 0.25) is 0 Å². The van der Waals surface area contributed by atoms with Gasteiger partial charge in [-0.1, -0.05) is 26.7 Å². The Morgan fingerprint density at radius 3 is 2.39 bits per heavy atom. The van der Waals surface area contributed by atoms with Crippen molar-refractivity contribution in [2.24, 2.45) is 11.3 Å². The maximum atomic E-state index is 10.8. The predicted molar refractivity (Wildman–Crippen MR) is 72.0 cm³/mol. The average Bonchev–Trinajstić information content (AvgIpc) is 2.40. The van der Waals surface area contributed by atoms with E-state index in [0.717, 1.165) is 31.6 Å². The van der Waals surface area contributed by atoms with Gasteiger partial charge in [-0.05, 0) is 38.0 Å². The lowest BCUT2D eigenvalue weighted by atomic mass is 9.61. The number of nitriles is 1. The molecule has 0 amide bonds. The molecule has 0 saturated heterocycles. The number of rotatable bonds is 6. The fourth-order valence-corrected chi connectivity index (χ4v) is 3.37. The quantitative estimate of drug-likeness (QED) is 0.790. The van der Waals surface area contributed by atoms with Crippen molar-refractivity contribution in [1.29, 1.82) is 5.26 Å². The molecular formula is C15H27NO2. The summed E-state index contributed by atoms with van der Waals surface area (Å²) in [4.78, 5) is 0. The topological polar surface area (TPSA) is 53.2 Å². The van der Waals surface area contributed by atoms with Crippen LogP contribution < -0.4 is 0 Å². The molecule has 0 aromatic carbocycles. The fourth-order valence-electron chi connectivity index (χ4n) is 3.37. The maximum absolute atomic E-state index is 10.8. The van der Waals surface area contributed by atoms with Gasteiger partial charge in [0.2, 0.25) is 0 Å². The van der Waals surface area contributed by atoms with Crippen molar-refractivity contribution in [2.45, 2.75) is 64.4 Å². The van der Waals surface area contributed by atoms with Gasteiger partial charge >= 0.3 is 0 Å². The van der Waals surface area contributed by atoms with Crippen LogP contribution in [0.25, 0.3) is 0 Å². The molecule has 0 aliphatic heterocycles. The lowest BCUT2D eigenvalue weighted by Crippen LogP contribution is -2.52. The summed E-state index contributed by atoms with van der Waals surface area (Å²) in [6.45, 7) is 4.41. The number of ether oxygens (including phenoxy) is 1. The Bertz CT molecular complexity index is 289. The SMILES string of the molecule is CCCC1CCC(C#N)(C(O)(CC)COC)CC1. The number of hydrogen-bond donors (Lipinski definition) is 1. The van der Waals surface area contributed by atoms with Crippen molar-refractivity contribution < 1.29 is 9.84 Å². The molecule has 18 heavy (non-hydrogen) atoms. The molecule has 1 aliphatic rings. The van der Waals surface area contributed by atoms with Gasteiger partial charge in [0.15, 0.2) is 0 Å². The second-order valence-electron chi connectivity index (χ2n) is 5.74. The van der Waals surface area contributed by atoms with E-state index in [9.17, 15) is 10.4 Å². The second kappa shape index (κ2) is 6.54. The van der Waals surface area contributed by atoms with Crippen LogP contribution in [0.1, 0.15) is 58.8 Å². The normalized spacial score (nSPS) is 31.6. The zero-order valence-corrected chi connectivity index (χ0v) is 12.0. The van der Waals surface area contributed by atoms with Gasteiger partial charge in [-0.2, -0.15) is 5.26 Å². The zero-order valence-electron chi connectivity index (χ0n) is 12.0. The van der Waals surface area contributed by atoms with E-state index in [1.54, 1.807) is 7.11 Å². The predicted octanol–water partition coefficient (Wildman–Crippen LogP) is 3.27. The summed E-state index contributed by atoms with van der Waals surface area (Å²) < 4.78 is 5.15. The van der Waals surface area contributed by atoms with Gasteiger partial charge < -0.3 is 9.84 Å². The summed E-state index contributed by atoms with van der Waals surface area (Å²) >= 11 is 0. The molecule has 0 aromatic rings. The highest BCUT2D eigenvalue weighted by Gasteiger charge is 2.51. The van der Waals surface area contributed by atoms with Crippen molar-refractivity contribution in [3.05, 3.63) is 0 Å². The molecule has 3 nitrogen and oxygen atoms in total. The Hall–Kier alpha value is -0.590. The van der Waals surface area contributed by atoms with Crippen molar-refractivity contribution in [1.82, 2.24) is 0 Å². The number of nitrogens with zero attached hydrogens (tertiary/aromatic N) is 1. The Morgan fingerprint density at radius 1 is 1.39 bits per heavy atom. The first-order chi connectivity index (χ1) is 8.57. The first-order valence-corrected chi connectivity index (χ1v) is 7.20. The molecule has 0 spiro atoms. The van der Waals surface area contributed by atoms with E-state index < -0.39 is 11.0 Å². The second-order valence-corrected chi connectivity index (χ2v) is 5.74. The third kappa shape index (κ3) is 2.87. The van der Waals surface area contributed by atoms with E-state index in [2.05, 4.69) is 13.0 Å². The first kappa shape index (κ1) is 15.5. The van der Waals surface area contributed by atoms with Crippen molar-refractivity contribution in [3.8, 4) is 6.07 Å². The van der Waals surface area contributed by atoms with E-state index in [1.165, 1.54) is 12.8 Å². The summed E-state index contributed by atoms with van der Waals surface area (Å²) in [6, 6.07) is 2.43. The monoisotopic (exact) mass is 253 g/mol. The highest BCUT2D eigenvalue weighted by molar-refractivity contribution is 5.12. The highest BCUT2D eigenvalue weighted by Crippen LogP contribution is 2.48. The van der Waals surface area contributed by atoms with Crippen LogP contribution in [0.4, 0.5) is 0 Å². The van der Waals surface area contributed by atoms with Crippen LogP contribution in [0, 0.1) is 22.7 Å². The summed E-state index contributed by atoms with van der Waals surface area (Å²) in [6.07, 6.45) is 6.77. The Balaban J connectivity index is 2.79. The van der Waals surface area contributed by atoms with Crippen LogP contribution in [0.5, 0.6) is 0 Å². The maximum Gasteiger partial charge on any atom is 0.106 e. The van der Waals surface area contributed by atoms with Crippen LogP contribution >= 0.6 is 0 Å². The molecule has 1 aliphatic carbocycles. The van der Waals surface area contributed by atoms with Gasteiger partial charge in [-0.3, -0.25) is 0 Å².